The number of carbonyl (C=O) groups excluding carboxylic acids is 2. The molecule has 1 fully saturated rings. The Labute approximate surface area is 76.6 Å². The molecule has 0 radical (unpaired) electrons. The van der Waals surface area contributed by atoms with Crippen LogP contribution in [0.1, 0.15) is 27.2 Å². The lowest BCUT2D eigenvalue weighted by molar-refractivity contribution is -0.115. The number of hydrogen-bond donors (Lipinski definition) is 1. The first-order valence-corrected chi connectivity index (χ1v) is 4.79. The van der Waals surface area contributed by atoms with Crippen LogP contribution in [0.5, 0.6) is 0 Å². The summed E-state index contributed by atoms with van der Waals surface area (Å²) >= 11 is 0.960. The van der Waals surface area contributed by atoms with Crippen LogP contribution in [0.15, 0.2) is 11.0 Å². The van der Waals surface area contributed by atoms with E-state index in [1.54, 1.807) is 6.08 Å². The summed E-state index contributed by atoms with van der Waals surface area (Å²) in [5, 5.41) is 1.90. The van der Waals surface area contributed by atoms with Crippen molar-refractivity contribution in [3.63, 3.8) is 0 Å². The topological polar surface area (TPSA) is 46.2 Å². The van der Waals surface area contributed by atoms with Crippen molar-refractivity contribution in [1.29, 1.82) is 0 Å². The van der Waals surface area contributed by atoms with Crippen molar-refractivity contribution in [3.05, 3.63) is 11.0 Å². The zero-order valence-electron chi connectivity index (χ0n) is 7.51. The van der Waals surface area contributed by atoms with Crippen LogP contribution in [-0.4, -0.2) is 11.1 Å². The van der Waals surface area contributed by atoms with Gasteiger partial charge in [-0.15, -0.1) is 0 Å². The molecule has 0 aromatic heterocycles. The Morgan fingerprint density at radius 2 is 2.00 bits per heavy atom. The number of amides is 2. The third-order valence-electron chi connectivity index (χ3n) is 1.03. The molecule has 12 heavy (non-hydrogen) atoms. The minimum atomic E-state index is -0.273. The highest BCUT2D eigenvalue weighted by Crippen LogP contribution is 2.22. The van der Waals surface area contributed by atoms with Gasteiger partial charge in [0.2, 0.25) is 0 Å². The van der Waals surface area contributed by atoms with Crippen molar-refractivity contribution in [2.24, 2.45) is 0 Å². The van der Waals surface area contributed by atoms with E-state index in [2.05, 4.69) is 5.32 Å². The summed E-state index contributed by atoms with van der Waals surface area (Å²) in [5.74, 6) is -0.267. The molecule has 0 atom stereocenters. The summed E-state index contributed by atoms with van der Waals surface area (Å²) in [6.07, 6.45) is 2.52. The molecule has 68 valence electrons. The Hall–Kier alpha value is -0.770. The number of thioether (sulfide) groups is 1. The fraction of sp³-hybridized carbons (Fsp3) is 0.500. The van der Waals surface area contributed by atoms with Gasteiger partial charge in [0, 0.05) is 0 Å². The average Bonchev–Trinajstić information content (AvgIpc) is 2.35. The van der Waals surface area contributed by atoms with Gasteiger partial charge < -0.3 is 0 Å². The van der Waals surface area contributed by atoms with Crippen LogP contribution < -0.4 is 5.32 Å². The third kappa shape index (κ3) is 3.09. The van der Waals surface area contributed by atoms with E-state index in [9.17, 15) is 9.59 Å². The van der Waals surface area contributed by atoms with E-state index < -0.39 is 0 Å². The average molecular weight is 187 g/mol. The molecule has 0 saturated carbocycles. The molecule has 1 heterocycles. The van der Waals surface area contributed by atoms with E-state index in [0.29, 0.717) is 4.91 Å². The molecule has 1 aliphatic heterocycles. The standard InChI is InChI=1S/C6H7NO2S.C2H6/c1-2-3-4-5(8)7-6(9)10-4;1-2/h3H,2H2,1H3,(H,7,8,9);1-2H3. The van der Waals surface area contributed by atoms with E-state index in [4.69, 9.17) is 0 Å². The van der Waals surface area contributed by atoms with Gasteiger partial charge in [-0.3, -0.25) is 14.9 Å². The lowest BCUT2D eigenvalue weighted by Crippen LogP contribution is -2.17. The van der Waals surface area contributed by atoms with Crippen molar-refractivity contribution in [3.8, 4) is 0 Å². The second-order valence-electron chi connectivity index (χ2n) is 1.82. The molecule has 3 nitrogen and oxygen atoms in total. The van der Waals surface area contributed by atoms with Crippen LogP contribution in [0.2, 0.25) is 0 Å². The van der Waals surface area contributed by atoms with Gasteiger partial charge in [-0.1, -0.05) is 26.8 Å². The van der Waals surface area contributed by atoms with E-state index in [1.165, 1.54) is 0 Å². The molecule has 1 saturated heterocycles. The van der Waals surface area contributed by atoms with Crippen LogP contribution in [0.3, 0.4) is 0 Å². The van der Waals surface area contributed by atoms with Crippen LogP contribution in [-0.2, 0) is 4.79 Å². The minimum absolute atomic E-state index is 0.267. The maximum atomic E-state index is 10.8. The van der Waals surface area contributed by atoms with Crippen LogP contribution in [0, 0.1) is 0 Å². The lowest BCUT2D eigenvalue weighted by atomic mass is 10.4. The number of nitrogens with one attached hydrogen (secondary N) is 1. The highest BCUT2D eigenvalue weighted by Gasteiger charge is 2.23. The van der Waals surface area contributed by atoms with Gasteiger partial charge in [0.15, 0.2) is 0 Å². The molecule has 4 heteroatoms. The van der Waals surface area contributed by atoms with E-state index in [0.717, 1.165) is 18.2 Å². The Morgan fingerprint density at radius 1 is 1.42 bits per heavy atom. The van der Waals surface area contributed by atoms with Gasteiger partial charge in [0.05, 0.1) is 4.91 Å². The predicted octanol–water partition coefficient (Wildman–Crippen LogP) is 2.29. The van der Waals surface area contributed by atoms with Crippen LogP contribution in [0.25, 0.3) is 0 Å². The second-order valence-corrected chi connectivity index (χ2v) is 2.84. The van der Waals surface area contributed by atoms with Crippen molar-refractivity contribution in [1.82, 2.24) is 5.32 Å². The summed E-state index contributed by atoms with van der Waals surface area (Å²) in [5.41, 5.74) is 0. The van der Waals surface area contributed by atoms with Gasteiger partial charge >= 0.3 is 0 Å². The summed E-state index contributed by atoms with van der Waals surface area (Å²) in [6, 6.07) is 0. The molecule has 0 aliphatic carbocycles. The number of allylic oxidation sites excluding steroid dienone is 1. The Kier molecular flexibility index (Phi) is 5.45. The first-order chi connectivity index (χ1) is 5.74. The summed E-state index contributed by atoms with van der Waals surface area (Å²) in [6.45, 7) is 5.92. The maximum absolute atomic E-state index is 10.8. The zero-order valence-corrected chi connectivity index (χ0v) is 8.33. The van der Waals surface area contributed by atoms with Crippen molar-refractivity contribution < 1.29 is 9.59 Å². The molecular formula is C8H13NO2S. The molecule has 1 rings (SSSR count). The Morgan fingerprint density at radius 3 is 2.33 bits per heavy atom. The summed E-state index contributed by atoms with van der Waals surface area (Å²) in [4.78, 5) is 21.8. The van der Waals surface area contributed by atoms with Crippen molar-refractivity contribution in [2.75, 3.05) is 0 Å². The molecule has 1 N–H and O–H groups in total. The predicted molar refractivity (Wildman–Crippen MR) is 50.9 cm³/mol. The SMILES string of the molecule is CC.CCC=C1SC(=O)NC1=O. The van der Waals surface area contributed by atoms with E-state index >= 15 is 0 Å². The van der Waals surface area contributed by atoms with Gasteiger partial charge in [-0.25, -0.2) is 0 Å². The molecule has 0 aromatic carbocycles. The highest BCUT2D eigenvalue weighted by molar-refractivity contribution is 8.18. The van der Waals surface area contributed by atoms with Crippen molar-refractivity contribution >= 4 is 22.9 Å². The number of imide groups is 1. The fourth-order valence-corrected chi connectivity index (χ4v) is 1.38. The van der Waals surface area contributed by atoms with Gasteiger partial charge in [-0.05, 0) is 18.2 Å². The molecule has 1 aliphatic rings. The Balaban J connectivity index is 0.000000561. The third-order valence-corrected chi connectivity index (χ3v) is 1.89. The molecule has 0 spiro atoms. The first-order valence-electron chi connectivity index (χ1n) is 3.97. The highest BCUT2D eigenvalue weighted by atomic mass is 32.2. The molecule has 2 amide bonds. The zero-order chi connectivity index (χ0) is 9.56. The summed E-state index contributed by atoms with van der Waals surface area (Å²) in [7, 11) is 0. The largest absolute Gasteiger partial charge is 0.290 e. The number of carbonyl (C=O) groups is 2. The number of hydrogen-bond acceptors (Lipinski definition) is 3. The van der Waals surface area contributed by atoms with Gasteiger partial charge in [-0.2, -0.15) is 0 Å². The quantitative estimate of drug-likeness (QED) is 0.641. The smallest absolute Gasteiger partial charge is 0.282 e. The van der Waals surface area contributed by atoms with E-state index in [-0.39, 0.29) is 11.1 Å². The fourth-order valence-electron chi connectivity index (χ4n) is 0.646. The van der Waals surface area contributed by atoms with Crippen LogP contribution >= 0.6 is 11.8 Å². The second kappa shape index (κ2) is 5.83. The maximum Gasteiger partial charge on any atom is 0.290 e. The van der Waals surface area contributed by atoms with Gasteiger partial charge in [0.25, 0.3) is 11.1 Å². The number of rotatable bonds is 1. The molecule has 0 aromatic rings. The molecule has 0 unspecified atom stereocenters. The molecular weight excluding hydrogens is 174 g/mol. The van der Waals surface area contributed by atoms with Crippen molar-refractivity contribution in [2.45, 2.75) is 27.2 Å². The molecule has 0 bridgehead atoms. The normalized spacial score (nSPS) is 18.8. The monoisotopic (exact) mass is 187 g/mol. The van der Waals surface area contributed by atoms with Gasteiger partial charge in [0.1, 0.15) is 0 Å². The van der Waals surface area contributed by atoms with E-state index in [1.807, 2.05) is 20.8 Å². The Bertz CT molecular complexity index is 211. The lowest BCUT2D eigenvalue weighted by Gasteiger charge is -1.85. The minimum Gasteiger partial charge on any atom is -0.282 e. The summed E-state index contributed by atoms with van der Waals surface area (Å²) < 4.78 is 0. The first kappa shape index (κ1) is 11.2. The van der Waals surface area contributed by atoms with Crippen LogP contribution in [0.4, 0.5) is 4.79 Å².